The summed E-state index contributed by atoms with van der Waals surface area (Å²) in [5.74, 6) is -2.16. The van der Waals surface area contributed by atoms with Crippen LogP contribution >= 0.6 is 0 Å². The molecule has 8 nitrogen and oxygen atoms in total. The Morgan fingerprint density at radius 2 is 1.75 bits per heavy atom. The van der Waals surface area contributed by atoms with Gasteiger partial charge in [-0.1, -0.05) is 31.2 Å². The van der Waals surface area contributed by atoms with Crippen molar-refractivity contribution in [1.29, 1.82) is 0 Å². The van der Waals surface area contributed by atoms with Gasteiger partial charge in [0.25, 0.3) is 5.91 Å². The number of carbonyl (C=O) groups is 4. The molecule has 0 aliphatic carbocycles. The summed E-state index contributed by atoms with van der Waals surface area (Å²) in [5, 5.41) is 7.77. The van der Waals surface area contributed by atoms with Gasteiger partial charge < -0.3 is 16.0 Å². The molecule has 2 aromatic carbocycles. The third-order valence-electron chi connectivity index (χ3n) is 5.67. The van der Waals surface area contributed by atoms with Crippen molar-refractivity contribution >= 4 is 29.4 Å². The standard InChI is InChI=1S/C23H25FN4O4/c1-4-23(16-8-10-17(24)11-9-16)21(31)28(22(32)27-23)13-20(30)25-12-19(29)26-18-7-5-6-14(2)15(18)3/h5-11H,4,12-13H2,1-3H3,(H,25,30)(H,26,29)(H,27,32)/t23-/m0/s1. The molecule has 0 saturated carbocycles. The molecule has 3 rings (SSSR count). The number of halogens is 1. The molecule has 1 aliphatic rings. The molecule has 1 atom stereocenters. The maximum atomic E-state index is 13.3. The first-order valence-electron chi connectivity index (χ1n) is 10.2. The second-order valence-electron chi connectivity index (χ2n) is 7.66. The fourth-order valence-electron chi connectivity index (χ4n) is 3.60. The lowest BCUT2D eigenvalue weighted by Gasteiger charge is -2.25. The second-order valence-corrected chi connectivity index (χ2v) is 7.66. The summed E-state index contributed by atoms with van der Waals surface area (Å²) in [4.78, 5) is 50.8. The number of hydrogen-bond donors (Lipinski definition) is 3. The largest absolute Gasteiger partial charge is 0.345 e. The number of carbonyl (C=O) groups excluding carboxylic acids is 4. The number of anilines is 1. The normalized spacial score (nSPS) is 17.8. The molecule has 9 heteroatoms. The number of amides is 5. The van der Waals surface area contributed by atoms with E-state index in [1.165, 1.54) is 24.3 Å². The summed E-state index contributed by atoms with van der Waals surface area (Å²) in [6.07, 6.45) is 0.222. The maximum absolute atomic E-state index is 13.3. The van der Waals surface area contributed by atoms with Gasteiger partial charge in [-0.25, -0.2) is 9.18 Å². The predicted octanol–water partition coefficient (Wildman–Crippen LogP) is 2.35. The zero-order chi connectivity index (χ0) is 23.5. The summed E-state index contributed by atoms with van der Waals surface area (Å²) >= 11 is 0. The van der Waals surface area contributed by atoms with E-state index in [-0.39, 0.29) is 13.0 Å². The van der Waals surface area contributed by atoms with Crippen LogP contribution in [0.5, 0.6) is 0 Å². The van der Waals surface area contributed by atoms with Gasteiger partial charge in [0.2, 0.25) is 11.8 Å². The van der Waals surface area contributed by atoms with Crippen molar-refractivity contribution in [3.63, 3.8) is 0 Å². The average Bonchev–Trinajstić information content (AvgIpc) is 3.01. The van der Waals surface area contributed by atoms with Crippen LogP contribution in [-0.2, 0) is 19.9 Å². The molecule has 1 fully saturated rings. The van der Waals surface area contributed by atoms with Gasteiger partial charge in [-0.2, -0.15) is 0 Å². The van der Waals surface area contributed by atoms with Crippen LogP contribution < -0.4 is 16.0 Å². The quantitative estimate of drug-likeness (QED) is 0.575. The molecule has 0 aromatic heterocycles. The minimum absolute atomic E-state index is 0.222. The monoisotopic (exact) mass is 440 g/mol. The summed E-state index contributed by atoms with van der Waals surface area (Å²) in [6, 6.07) is 10.0. The second kappa shape index (κ2) is 9.17. The fraction of sp³-hybridized carbons (Fsp3) is 0.304. The molecule has 0 spiro atoms. The van der Waals surface area contributed by atoms with Crippen LogP contribution in [-0.4, -0.2) is 41.7 Å². The molecule has 32 heavy (non-hydrogen) atoms. The Hall–Kier alpha value is -3.75. The van der Waals surface area contributed by atoms with Gasteiger partial charge in [-0.3, -0.25) is 19.3 Å². The first-order valence-corrected chi connectivity index (χ1v) is 10.2. The number of nitrogens with zero attached hydrogens (tertiary/aromatic N) is 1. The Morgan fingerprint density at radius 1 is 1.06 bits per heavy atom. The number of aryl methyl sites for hydroxylation is 1. The van der Waals surface area contributed by atoms with Crippen LogP contribution in [0, 0.1) is 19.7 Å². The van der Waals surface area contributed by atoms with Crippen LogP contribution in [0.4, 0.5) is 14.9 Å². The number of nitrogens with one attached hydrogen (secondary N) is 3. The highest BCUT2D eigenvalue weighted by atomic mass is 19.1. The Bertz CT molecular complexity index is 1070. The lowest BCUT2D eigenvalue weighted by Crippen LogP contribution is -2.45. The summed E-state index contributed by atoms with van der Waals surface area (Å²) in [5.41, 5.74) is 1.64. The first kappa shape index (κ1) is 22.9. The van der Waals surface area contributed by atoms with Gasteiger partial charge in [0.05, 0.1) is 6.54 Å². The van der Waals surface area contributed by atoms with E-state index >= 15 is 0 Å². The van der Waals surface area contributed by atoms with Crippen LogP contribution in [0.1, 0.15) is 30.0 Å². The molecule has 0 bridgehead atoms. The molecular formula is C23H25FN4O4. The van der Waals surface area contributed by atoms with Crippen LogP contribution in [0.2, 0.25) is 0 Å². The van der Waals surface area contributed by atoms with E-state index in [1.807, 2.05) is 26.0 Å². The van der Waals surface area contributed by atoms with Crippen molar-refractivity contribution < 1.29 is 23.6 Å². The molecule has 0 radical (unpaired) electrons. The Labute approximate surface area is 185 Å². The third kappa shape index (κ3) is 4.46. The molecular weight excluding hydrogens is 415 g/mol. The highest BCUT2D eigenvalue weighted by Crippen LogP contribution is 2.32. The van der Waals surface area contributed by atoms with Gasteiger partial charge >= 0.3 is 6.03 Å². The zero-order valence-corrected chi connectivity index (χ0v) is 18.1. The van der Waals surface area contributed by atoms with Crippen molar-refractivity contribution in [3.8, 4) is 0 Å². The summed E-state index contributed by atoms with van der Waals surface area (Å²) < 4.78 is 13.3. The average molecular weight is 440 g/mol. The highest BCUT2D eigenvalue weighted by molar-refractivity contribution is 6.09. The number of hydrogen-bond acceptors (Lipinski definition) is 4. The topological polar surface area (TPSA) is 108 Å². The van der Waals surface area contributed by atoms with E-state index in [4.69, 9.17) is 0 Å². The lowest BCUT2D eigenvalue weighted by atomic mass is 9.87. The van der Waals surface area contributed by atoms with Gasteiger partial charge in [-0.05, 0) is 55.2 Å². The highest BCUT2D eigenvalue weighted by Gasteiger charge is 2.51. The number of imide groups is 1. The molecule has 5 amide bonds. The minimum Gasteiger partial charge on any atom is -0.345 e. The Morgan fingerprint density at radius 3 is 2.41 bits per heavy atom. The van der Waals surface area contributed by atoms with E-state index < -0.39 is 41.7 Å². The van der Waals surface area contributed by atoms with Crippen molar-refractivity contribution in [2.24, 2.45) is 0 Å². The predicted molar refractivity (Wildman–Crippen MR) is 116 cm³/mol. The van der Waals surface area contributed by atoms with Crippen molar-refractivity contribution in [3.05, 3.63) is 65.0 Å². The Balaban J connectivity index is 1.61. The maximum Gasteiger partial charge on any atom is 0.325 e. The zero-order valence-electron chi connectivity index (χ0n) is 18.1. The van der Waals surface area contributed by atoms with Gasteiger partial charge in [0.15, 0.2) is 0 Å². The van der Waals surface area contributed by atoms with Crippen LogP contribution in [0.25, 0.3) is 0 Å². The smallest absolute Gasteiger partial charge is 0.325 e. The molecule has 1 heterocycles. The lowest BCUT2D eigenvalue weighted by molar-refractivity contribution is -0.135. The van der Waals surface area contributed by atoms with E-state index in [9.17, 15) is 23.6 Å². The van der Waals surface area contributed by atoms with Crippen molar-refractivity contribution in [2.75, 3.05) is 18.4 Å². The van der Waals surface area contributed by atoms with E-state index in [0.717, 1.165) is 16.0 Å². The molecule has 168 valence electrons. The van der Waals surface area contributed by atoms with E-state index in [2.05, 4.69) is 16.0 Å². The molecule has 3 N–H and O–H groups in total. The Kier molecular flexibility index (Phi) is 6.57. The van der Waals surface area contributed by atoms with Gasteiger partial charge in [0.1, 0.15) is 17.9 Å². The SMILES string of the molecule is CC[C@@]1(c2ccc(F)cc2)NC(=O)N(CC(=O)NCC(=O)Nc2cccc(C)c2C)C1=O. The molecule has 1 saturated heterocycles. The fourth-order valence-corrected chi connectivity index (χ4v) is 3.60. The first-order chi connectivity index (χ1) is 15.2. The van der Waals surface area contributed by atoms with Crippen molar-refractivity contribution in [2.45, 2.75) is 32.7 Å². The van der Waals surface area contributed by atoms with Gasteiger partial charge in [-0.15, -0.1) is 0 Å². The number of benzene rings is 2. The summed E-state index contributed by atoms with van der Waals surface area (Å²) in [7, 11) is 0. The minimum atomic E-state index is -1.37. The van der Waals surface area contributed by atoms with E-state index in [1.54, 1.807) is 13.0 Å². The van der Waals surface area contributed by atoms with Crippen LogP contribution in [0.3, 0.4) is 0 Å². The third-order valence-corrected chi connectivity index (χ3v) is 5.67. The molecule has 2 aromatic rings. The number of urea groups is 1. The summed E-state index contributed by atoms with van der Waals surface area (Å²) in [6.45, 7) is 4.66. The molecule has 0 unspecified atom stereocenters. The number of rotatable bonds is 7. The molecule has 1 aliphatic heterocycles. The van der Waals surface area contributed by atoms with Crippen molar-refractivity contribution in [1.82, 2.24) is 15.5 Å². The van der Waals surface area contributed by atoms with Gasteiger partial charge in [0, 0.05) is 5.69 Å². The van der Waals surface area contributed by atoms with Crippen LogP contribution in [0.15, 0.2) is 42.5 Å². The van der Waals surface area contributed by atoms with E-state index in [0.29, 0.717) is 11.3 Å².